The standard InChI is InChI=1S/C9H6Cl3NO4/c10-4-1-2-5(11)8(12)7(4)9(16)13-17-3-6(14)15/h1-2H,3H2,(H,13,16)(H,14,15)/p-1. The molecule has 0 saturated heterocycles. The number of hydroxylamine groups is 1. The van der Waals surface area contributed by atoms with Gasteiger partial charge in [0, 0.05) is 0 Å². The number of carbonyl (C=O) groups excluding carboxylic acids is 2. The van der Waals surface area contributed by atoms with Crippen LogP contribution in [0.5, 0.6) is 0 Å². The summed E-state index contributed by atoms with van der Waals surface area (Å²) in [6, 6.07) is 2.80. The fourth-order valence-electron chi connectivity index (χ4n) is 0.947. The van der Waals surface area contributed by atoms with Crippen molar-refractivity contribution >= 4 is 46.7 Å². The highest BCUT2D eigenvalue weighted by Crippen LogP contribution is 2.31. The molecule has 1 aromatic carbocycles. The van der Waals surface area contributed by atoms with E-state index in [9.17, 15) is 14.7 Å². The Morgan fingerprint density at radius 2 is 1.82 bits per heavy atom. The molecule has 0 aliphatic rings. The Morgan fingerprint density at radius 1 is 1.24 bits per heavy atom. The van der Waals surface area contributed by atoms with Crippen LogP contribution in [0.1, 0.15) is 10.4 Å². The van der Waals surface area contributed by atoms with Crippen molar-refractivity contribution in [2.24, 2.45) is 0 Å². The minimum absolute atomic E-state index is 0.0475. The average Bonchev–Trinajstić information content (AvgIpc) is 2.23. The van der Waals surface area contributed by atoms with Gasteiger partial charge in [0.25, 0.3) is 5.91 Å². The molecule has 1 rings (SSSR count). The lowest BCUT2D eigenvalue weighted by Gasteiger charge is -2.09. The fourth-order valence-corrected chi connectivity index (χ4v) is 1.65. The molecule has 1 N–H and O–H groups in total. The van der Waals surface area contributed by atoms with Crippen molar-refractivity contribution < 1.29 is 19.5 Å². The molecule has 0 spiro atoms. The monoisotopic (exact) mass is 296 g/mol. The van der Waals surface area contributed by atoms with E-state index in [1.165, 1.54) is 12.1 Å². The second-order valence-corrected chi connectivity index (χ2v) is 4.00. The number of nitrogens with one attached hydrogen (secondary N) is 1. The largest absolute Gasteiger partial charge is 0.548 e. The van der Waals surface area contributed by atoms with Gasteiger partial charge in [-0.05, 0) is 12.1 Å². The predicted octanol–water partition coefficient (Wildman–Crippen LogP) is 1.06. The first-order valence-electron chi connectivity index (χ1n) is 4.19. The Kier molecular flexibility index (Phi) is 5.02. The first kappa shape index (κ1) is 14.1. The number of carboxylic acid groups (broad SMARTS) is 1. The van der Waals surface area contributed by atoms with Crippen LogP contribution in [-0.4, -0.2) is 18.5 Å². The van der Waals surface area contributed by atoms with E-state index in [1.54, 1.807) is 0 Å². The molecule has 8 heteroatoms. The van der Waals surface area contributed by atoms with Gasteiger partial charge in [-0.1, -0.05) is 34.8 Å². The molecule has 1 amide bonds. The van der Waals surface area contributed by atoms with E-state index in [1.807, 2.05) is 5.48 Å². The van der Waals surface area contributed by atoms with E-state index >= 15 is 0 Å². The number of halogens is 3. The SMILES string of the molecule is O=C([O-])CONC(=O)c1c(Cl)ccc(Cl)c1Cl. The highest BCUT2D eigenvalue weighted by Gasteiger charge is 2.17. The van der Waals surface area contributed by atoms with Crippen molar-refractivity contribution in [1.29, 1.82) is 0 Å². The number of hydrogen-bond donors (Lipinski definition) is 1. The molecule has 0 aliphatic carbocycles. The van der Waals surface area contributed by atoms with Gasteiger partial charge < -0.3 is 9.90 Å². The van der Waals surface area contributed by atoms with Crippen LogP contribution in [0.15, 0.2) is 12.1 Å². The van der Waals surface area contributed by atoms with E-state index in [-0.39, 0.29) is 20.6 Å². The van der Waals surface area contributed by atoms with Crippen molar-refractivity contribution in [2.45, 2.75) is 0 Å². The van der Waals surface area contributed by atoms with Crippen molar-refractivity contribution in [3.63, 3.8) is 0 Å². The Hall–Kier alpha value is -1.01. The van der Waals surface area contributed by atoms with Gasteiger partial charge in [-0.2, -0.15) is 0 Å². The van der Waals surface area contributed by atoms with Crippen LogP contribution in [-0.2, 0) is 9.63 Å². The van der Waals surface area contributed by atoms with Gasteiger partial charge in [0.2, 0.25) is 0 Å². The predicted molar refractivity (Wildman–Crippen MR) is 59.9 cm³/mol. The van der Waals surface area contributed by atoms with Crippen molar-refractivity contribution in [1.82, 2.24) is 5.48 Å². The molecule has 0 fully saturated rings. The molecular formula is C9H5Cl3NO4-. The number of carboxylic acids is 1. The summed E-state index contributed by atoms with van der Waals surface area (Å²) in [6.45, 7) is -0.790. The molecule has 1 aromatic rings. The van der Waals surface area contributed by atoms with Gasteiger partial charge >= 0.3 is 0 Å². The number of carbonyl (C=O) groups is 2. The third-order valence-corrected chi connectivity index (χ3v) is 2.75. The topological polar surface area (TPSA) is 78.5 Å². The lowest BCUT2D eigenvalue weighted by Crippen LogP contribution is -2.33. The Morgan fingerprint density at radius 3 is 2.41 bits per heavy atom. The number of rotatable bonds is 4. The molecule has 0 saturated carbocycles. The summed E-state index contributed by atoms with van der Waals surface area (Å²) in [5.74, 6) is -2.28. The summed E-state index contributed by atoms with van der Waals surface area (Å²) < 4.78 is 0. The summed E-state index contributed by atoms with van der Waals surface area (Å²) in [5.41, 5.74) is 1.75. The van der Waals surface area contributed by atoms with Gasteiger partial charge in [0.1, 0.15) is 6.61 Å². The van der Waals surface area contributed by atoms with Gasteiger partial charge in [0.05, 0.1) is 26.6 Å². The molecule has 0 unspecified atom stereocenters. The van der Waals surface area contributed by atoms with Gasteiger partial charge in [-0.15, -0.1) is 0 Å². The van der Waals surface area contributed by atoms with E-state index in [0.29, 0.717) is 0 Å². The summed E-state index contributed by atoms with van der Waals surface area (Å²) in [5, 5.41) is 10.2. The van der Waals surface area contributed by atoms with Gasteiger partial charge in [-0.25, -0.2) is 5.48 Å². The fraction of sp³-hybridized carbons (Fsp3) is 0.111. The first-order chi connectivity index (χ1) is 7.93. The van der Waals surface area contributed by atoms with Crippen LogP contribution in [0.4, 0.5) is 0 Å². The molecular weight excluding hydrogens is 292 g/mol. The van der Waals surface area contributed by atoms with Crippen LogP contribution in [0.25, 0.3) is 0 Å². The lowest BCUT2D eigenvalue weighted by molar-refractivity contribution is -0.310. The minimum Gasteiger partial charge on any atom is -0.548 e. The number of amides is 1. The highest BCUT2D eigenvalue weighted by atomic mass is 35.5. The maximum Gasteiger partial charge on any atom is 0.277 e. The average molecular weight is 298 g/mol. The zero-order chi connectivity index (χ0) is 13.0. The lowest BCUT2D eigenvalue weighted by atomic mass is 10.2. The quantitative estimate of drug-likeness (QED) is 0.666. The first-order valence-corrected chi connectivity index (χ1v) is 5.32. The molecule has 0 atom stereocenters. The maximum absolute atomic E-state index is 11.5. The normalized spacial score (nSPS) is 10.1. The summed E-state index contributed by atoms with van der Waals surface area (Å²) in [7, 11) is 0. The van der Waals surface area contributed by atoms with Crippen molar-refractivity contribution in [3.05, 3.63) is 32.8 Å². The Balaban J connectivity index is 2.82. The van der Waals surface area contributed by atoms with Crippen molar-refractivity contribution in [3.8, 4) is 0 Å². The second-order valence-electron chi connectivity index (χ2n) is 2.81. The molecule has 0 bridgehead atoms. The van der Waals surface area contributed by atoms with Gasteiger partial charge in [-0.3, -0.25) is 9.63 Å². The third kappa shape index (κ3) is 3.74. The second kappa shape index (κ2) is 6.07. The summed E-state index contributed by atoms with van der Waals surface area (Å²) >= 11 is 17.2. The zero-order valence-corrected chi connectivity index (χ0v) is 10.4. The van der Waals surface area contributed by atoms with Crippen LogP contribution < -0.4 is 10.6 Å². The van der Waals surface area contributed by atoms with Crippen LogP contribution in [0, 0.1) is 0 Å². The Bertz CT molecular complexity index is 464. The molecule has 0 aromatic heterocycles. The zero-order valence-electron chi connectivity index (χ0n) is 8.13. The minimum atomic E-state index is -1.48. The van der Waals surface area contributed by atoms with Gasteiger partial charge in [0.15, 0.2) is 0 Å². The smallest absolute Gasteiger partial charge is 0.277 e. The number of hydrogen-bond acceptors (Lipinski definition) is 4. The maximum atomic E-state index is 11.5. The molecule has 0 aliphatic heterocycles. The number of aliphatic carboxylic acids is 1. The highest BCUT2D eigenvalue weighted by molar-refractivity contribution is 6.46. The summed E-state index contributed by atoms with van der Waals surface area (Å²) in [4.78, 5) is 25.9. The molecule has 92 valence electrons. The Labute approximate surface area is 111 Å². The van der Waals surface area contributed by atoms with E-state index in [0.717, 1.165) is 0 Å². The molecule has 17 heavy (non-hydrogen) atoms. The van der Waals surface area contributed by atoms with Crippen LogP contribution in [0.2, 0.25) is 15.1 Å². The molecule has 5 nitrogen and oxygen atoms in total. The van der Waals surface area contributed by atoms with E-state index in [2.05, 4.69) is 4.84 Å². The number of benzene rings is 1. The van der Waals surface area contributed by atoms with Crippen LogP contribution >= 0.6 is 34.8 Å². The van der Waals surface area contributed by atoms with E-state index in [4.69, 9.17) is 34.8 Å². The van der Waals surface area contributed by atoms with E-state index < -0.39 is 18.5 Å². The molecule has 0 heterocycles. The third-order valence-electron chi connectivity index (χ3n) is 1.63. The van der Waals surface area contributed by atoms with Crippen molar-refractivity contribution in [2.75, 3.05) is 6.61 Å². The summed E-state index contributed by atoms with van der Waals surface area (Å²) in [6.07, 6.45) is 0. The molecule has 0 radical (unpaired) electrons. The van der Waals surface area contributed by atoms with Crippen LogP contribution in [0.3, 0.4) is 0 Å².